The fourth-order valence-electron chi connectivity index (χ4n) is 3.51. The van der Waals surface area contributed by atoms with Crippen LogP contribution in [0.2, 0.25) is 0 Å². The number of rotatable bonds is 5. The van der Waals surface area contributed by atoms with Gasteiger partial charge in [0.15, 0.2) is 0 Å². The van der Waals surface area contributed by atoms with Crippen molar-refractivity contribution in [1.29, 1.82) is 0 Å². The molecule has 0 radical (unpaired) electrons. The van der Waals surface area contributed by atoms with E-state index >= 15 is 0 Å². The third kappa shape index (κ3) is 3.76. The van der Waals surface area contributed by atoms with Gasteiger partial charge in [-0.1, -0.05) is 26.8 Å². The van der Waals surface area contributed by atoms with Gasteiger partial charge in [-0.3, -0.25) is 4.90 Å². The van der Waals surface area contributed by atoms with Gasteiger partial charge in [0, 0.05) is 6.04 Å². The summed E-state index contributed by atoms with van der Waals surface area (Å²) in [5.41, 5.74) is 2.78. The summed E-state index contributed by atoms with van der Waals surface area (Å²) in [4.78, 5) is 2.65. The summed E-state index contributed by atoms with van der Waals surface area (Å²) in [7, 11) is 0. The Morgan fingerprint density at radius 1 is 1.20 bits per heavy atom. The Kier molecular flexibility index (Phi) is 7.04. The Morgan fingerprint density at radius 2 is 1.85 bits per heavy atom. The number of halogens is 1. The van der Waals surface area contributed by atoms with Gasteiger partial charge in [0.2, 0.25) is 0 Å². The molecule has 0 aliphatic heterocycles. The lowest BCUT2D eigenvalue weighted by Crippen LogP contribution is -2.42. The zero-order valence-corrected chi connectivity index (χ0v) is 14.6. The van der Waals surface area contributed by atoms with Crippen molar-refractivity contribution in [2.24, 2.45) is 0 Å². The molecule has 1 aliphatic carbocycles. The van der Waals surface area contributed by atoms with Gasteiger partial charge in [0.1, 0.15) is 5.75 Å². The highest BCUT2D eigenvalue weighted by Crippen LogP contribution is 2.36. The Hall–Kier alpha value is -0.540. The average molecular weight is 342 g/mol. The Balaban J connectivity index is 0.00000200. The van der Waals surface area contributed by atoms with Crippen molar-refractivity contribution in [2.45, 2.75) is 58.4 Å². The molecule has 0 amide bonds. The zero-order valence-electron chi connectivity index (χ0n) is 12.9. The first-order valence-electron chi connectivity index (χ1n) is 7.73. The SMILES string of the molecule is Br.CCCN(CCC)[C@H]1CCc2ccc(O)cc2[C@H]1C. The van der Waals surface area contributed by atoms with Crippen LogP contribution in [0.1, 0.15) is 57.1 Å². The quantitative estimate of drug-likeness (QED) is 0.851. The number of fused-ring (bicyclic) bond motifs is 1. The number of hydrogen-bond donors (Lipinski definition) is 1. The standard InChI is InChI=1S/C17H27NO.BrH/c1-4-10-18(11-5-2)17-9-7-14-6-8-15(19)12-16(14)13(17)3;/h6,8,12-13,17,19H,4-5,7,9-11H2,1-3H3;1H/t13-,17+;/m1./s1. The molecule has 3 heteroatoms. The van der Waals surface area contributed by atoms with Crippen molar-refractivity contribution in [1.82, 2.24) is 4.90 Å². The van der Waals surface area contributed by atoms with E-state index in [0.717, 1.165) is 6.42 Å². The number of aryl methyl sites for hydroxylation is 1. The van der Waals surface area contributed by atoms with Gasteiger partial charge in [-0.25, -0.2) is 0 Å². The third-order valence-corrected chi connectivity index (χ3v) is 4.40. The van der Waals surface area contributed by atoms with Gasteiger partial charge in [-0.05, 0) is 68.0 Å². The Labute approximate surface area is 134 Å². The van der Waals surface area contributed by atoms with Crippen LogP contribution in [0, 0.1) is 0 Å². The topological polar surface area (TPSA) is 23.5 Å². The van der Waals surface area contributed by atoms with Crippen LogP contribution in [-0.2, 0) is 6.42 Å². The highest BCUT2D eigenvalue weighted by atomic mass is 79.9. The molecular weight excluding hydrogens is 314 g/mol. The summed E-state index contributed by atoms with van der Waals surface area (Å²) in [6.07, 6.45) is 4.83. The molecule has 1 aromatic rings. The van der Waals surface area contributed by atoms with Crippen LogP contribution < -0.4 is 0 Å². The Morgan fingerprint density at radius 3 is 2.45 bits per heavy atom. The molecule has 1 aliphatic rings. The van der Waals surface area contributed by atoms with Crippen molar-refractivity contribution in [3.8, 4) is 5.75 Å². The molecule has 0 heterocycles. The van der Waals surface area contributed by atoms with Crippen LogP contribution in [0.15, 0.2) is 18.2 Å². The molecule has 114 valence electrons. The van der Waals surface area contributed by atoms with Crippen molar-refractivity contribution in [3.63, 3.8) is 0 Å². The van der Waals surface area contributed by atoms with E-state index in [1.54, 1.807) is 0 Å². The number of hydrogen-bond acceptors (Lipinski definition) is 2. The monoisotopic (exact) mass is 341 g/mol. The van der Waals surface area contributed by atoms with Crippen molar-refractivity contribution in [2.75, 3.05) is 13.1 Å². The fraction of sp³-hybridized carbons (Fsp3) is 0.647. The summed E-state index contributed by atoms with van der Waals surface area (Å²) >= 11 is 0. The van der Waals surface area contributed by atoms with Crippen LogP contribution in [0.3, 0.4) is 0 Å². The third-order valence-electron chi connectivity index (χ3n) is 4.40. The lowest BCUT2D eigenvalue weighted by molar-refractivity contribution is 0.159. The Bertz CT molecular complexity index is 415. The predicted octanol–water partition coefficient (Wildman–Crippen LogP) is 4.51. The minimum atomic E-state index is 0. The molecule has 2 rings (SSSR count). The molecule has 0 unspecified atom stereocenters. The summed E-state index contributed by atoms with van der Waals surface area (Å²) in [5.74, 6) is 0.928. The van der Waals surface area contributed by atoms with E-state index in [0.29, 0.717) is 17.7 Å². The molecule has 2 nitrogen and oxygen atoms in total. The average Bonchev–Trinajstić information content (AvgIpc) is 2.40. The van der Waals surface area contributed by atoms with Crippen molar-refractivity contribution < 1.29 is 5.11 Å². The molecular formula is C17H28BrNO. The second-order valence-corrected chi connectivity index (χ2v) is 5.81. The molecule has 0 bridgehead atoms. The van der Waals surface area contributed by atoms with Crippen LogP contribution in [0.4, 0.5) is 0 Å². The molecule has 1 N–H and O–H groups in total. The van der Waals surface area contributed by atoms with Crippen LogP contribution >= 0.6 is 17.0 Å². The summed E-state index contributed by atoms with van der Waals surface area (Å²) in [5, 5.41) is 9.72. The number of nitrogens with zero attached hydrogens (tertiary/aromatic N) is 1. The molecule has 20 heavy (non-hydrogen) atoms. The van der Waals surface area contributed by atoms with E-state index in [-0.39, 0.29) is 17.0 Å². The predicted molar refractivity (Wildman–Crippen MR) is 91.1 cm³/mol. The van der Waals surface area contributed by atoms with Crippen LogP contribution in [0.25, 0.3) is 0 Å². The van der Waals surface area contributed by atoms with Crippen LogP contribution in [0.5, 0.6) is 5.75 Å². The van der Waals surface area contributed by atoms with Gasteiger partial charge in [-0.15, -0.1) is 17.0 Å². The molecule has 1 aromatic carbocycles. The van der Waals surface area contributed by atoms with Gasteiger partial charge < -0.3 is 5.11 Å². The second kappa shape index (κ2) is 8.04. The van der Waals surface area contributed by atoms with E-state index < -0.39 is 0 Å². The maximum atomic E-state index is 9.72. The van der Waals surface area contributed by atoms with E-state index in [9.17, 15) is 5.11 Å². The number of phenolic OH excluding ortho intramolecular Hbond substituents is 1. The molecule has 0 saturated carbocycles. The highest BCUT2D eigenvalue weighted by molar-refractivity contribution is 8.93. The fourth-order valence-corrected chi connectivity index (χ4v) is 3.51. The zero-order chi connectivity index (χ0) is 13.8. The number of benzene rings is 1. The normalized spacial score (nSPS) is 21.4. The lowest BCUT2D eigenvalue weighted by atomic mass is 9.79. The van der Waals surface area contributed by atoms with E-state index in [1.165, 1.54) is 43.5 Å². The van der Waals surface area contributed by atoms with Gasteiger partial charge >= 0.3 is 0 Å². The summed E-state index contributed by atoms with van der Waals surface area (Å²) in [6, 6.07) is 6.53. The molecule has 0 spiro atoms. The number of phenols is 1. The first kappa shape index (κ1) is 17.5. The van der Waals surface area contributed by atoms with E-state index in [2.05, 4.69) is 31.7 Å². The summed E-state index contributed by atoms with van der Waals surface area (Å²) < 4.78 is 0. The van der Waals surface area contributed by atoms with E-state index in [1.807, 2.05) is 12.1 Å². The van der Waals surface area contributed by atoms with Gasteiger partial charge in [-0.2, -0.15) is 0 Å². The van der Waals surface area contributed by atoms with Gasteiger partial charge in [0.05, 0.1) is 0 Å². The largest absolute Gasteiger partial charge is 0.508 e. The summed E-state index contributed by atoms with van der Waals surface area (Å²) in [6.45, 7) is 9.22. The molecule has 0 fully saturated rings. The molecule has 0 aromatic heterocycles. The highest BCUT2D eigenvalue weighted by Gasteiger charge is 2.30. The maximum Gasteiger partial charge on any atom is 0.115 e. The second-order valence-electron chi connectivity index (χ2n) is 5.81. The smallest absolute Gasteiger partial charge is 0.115 e. The van der Waals surface area contributed by atoms with Crippen molar-refractivity contribution >= 4 is 17.0 Å². The first-order valence-corrected chi connectivity index (χ1v) is 7.73. The van der Waals surface area contributed by atoms with Gasteiger partial charge in [0.25, 0.3) is 0 Å². The minimum Gasteiger partial charge on any atom is -0.508 e. The lowest BCUT2D eigenvalue weighted by Gasteiger charge is -2.39. The molecule has 2 atom stereocenters. The van der Waals surface area contributed by atoms with E-state index in [4.69, 9.17) is 0 Å². The molecule has 0 saturated heterocycles. The van der Waals surface area contributed by atoms with Crippen LogP contribution in [-0.4, -0.2) is 29.1 Å². The maximum absolute atomic E-state index is 9.72. The minimum absolute atomic E-state index is 0. The van der Waals surface area contributed by atoms with Crippen molar-refractivity contribution in [3.05, 3.63) is 29.3 Å². The number of aromatic hydroxyl groups is 1. The first-order chi connectivity index (χ1) is 9.17.